The van der Waals surface area contributed by atoms with Gasteiger partial charge in [0.15, 0.2) is 0 Å². The first-order chi connectivity index (χ1) is 10.1. The summed E-state index contributed by atoms with van der Waals surface area (Å²) in [6, 6.07) is 10.3. The van der Waals surface area contributed by atoms with Crippen LogP contribution in [0.4, 0.5) is 0 Å². The monoisotopic (exact) mass is 288 g/mol. The topological polar surface area (TPSA) is 24.1 Å². The van der Waals surface area contributed by atoms with Crippen LogP contribution in [0.15, 0.2) is 24.3 Å². The van der Waals surface area contributed by atoms with Crippen LogP contribution < -0.4 is 10.6 Å². The molecule has 1 aliphatic rings. The maximum absolute atomic E-state index is 3.69. The van der Waals surface area contributed by atoms with Crippen molar-refractivity contribution >= 4 is 0 Å². The van der Waals surface area contributed by atoms with Gasteiger partial charge in [-0.25, -0.2) is 0 Å². The van der Waals surface area contributed by atoms with Gasteiger partial charge in [-0.1, -0.05) is 51.0 Å². The van der Waals surface area contributed by atoms with Crippen molar-refractivity contribution in [2.45, 2.75) is 77.4 Å². The minimum Gasteiger partial charge on any atom is -0.314 e. The lowest BCUT2D eigenvalue weighted by molar-refractivity contribution is 0.402. The van der Waals surface area contributed by atoms with E-state index in [-0.39, 0.29) is 0 Å². The summed E-state index contributed by atoms with van der Waals surface area (Å²) in [4.78, 5) is 0. The number of rotatable bonds is 6. The molecule has 2 unspecified atom stereocenters. The number of hydrogen-bond acceptors (Lipinski definition) is 2. The van der Waals surface area contributed by atoms with E-state index in [0.717, 1.165) is 6.54 Å². The molecule has 0 saturated carbocycles. The summed E-state index contributed by atoms with van der Waals surface area (Å²) in [5, 5.41) is 7.37. The number of nitrogens with one attached hydrogen (secondary N) is 2. The highest BCUT2D eigenvalue weighted by atomic mass is 14.9. The fraction of sp³-hybridized carbons (Fsp3) is 0.684. The van der Waals surface area contributed by atoms with E-state index >= 15 is 0 Å². The second-order valence-corrected chi connectivity index (χ2v) is 6.91. The molecule has 0 amide bonds. The maximum Gasteiger partial charge on any atom is 0.0207 e. The molecule has 2 rings (SSSR count). The van der Waals surface area contributed by atoms with E-state index in [1.807, 2.05) is 0 Å². The predicted molar refractivity (Wildman–Crippen MR) is 91.7 cm³/mol. The molecule has 0 bridgehead atoms. The van der Waals surface area contributed by atoms with E-state index in [4.69, 9.17) is 0 Å². The van der Waals surface area contributed by atoms with Gasteiger partial charge < -0.3 is 10.6 Å². The van der Waals surface area contributed by atoms with Crippen LogP contribution >= 0.6 is 0 Å². The van der Waals surface area contributed by atoms with Crippen molar-refractivity contribution in [1.82, 2.24) is 10.6 Å². The molecule has 1 aromatic carbocycles. The maximum atomic E-state index is 3.69. The molecule has 0 radical (unpaired) electrons. The first-order valence-electron chi connectivity index (χ1n) is 8.70. The molecule has 1 fully saturated rings. The molecule has 2 atom stereocenters. The lowest BCUT2D eigenvalue weighted by atomic mass is 10.0. The average molecular weight is 288 g/mol. The highest BCUT2D eigenvalue weighted by Crippen LogP contribution is 2.15. The second-order valence-electron chi connectivity index (χ2n) is 6.91. The van der Waals surface area contributed by atoms with Crippen LogP contribution in [-0.2, 0) is 6.54 Å². The molecule has 0 aliphatic carbocycles. The Morgan fingerprint density at radius 2 is 1.86 bits per heavy atom. The van der Waals surface area contributed by atoms with Crippen LogP contribution in [0, 0.1) is 0 Å². The zero-order valence-electron chi connectivity index (χ0n) is 14.0. The van der Waals surface area contributed by atoms with Crippen molar-refractivity contribution in [3.05, 3.63) is 35.4 Å². The van der Waals surface area contributed by atoms with Gasteiger partial charge >= 0.3 is 0 Å². The summed E-state index contributed by atoms with van der Waals surface area (Å²) < 4.78 is 0. The predicted octanol–water partition coefficient (Wildman–Crippen LogP) is 4.21. The highest BCUT2D eigenvalue weighted by Gasteiger charge is 2.14. The molecular weight excluding hydrogens is 256 g/mol. The fourth-order valence-corrected chi connectivity index (χ4v) is 3.12. The lowest BCUT2D eigenvalue weighted by Gasteiger charge is -2.21. The van der Waals surface area contributed by atoms with Crippen molar-refractivity contribution in [2.75, 3.05) is 6.54 Å². The largest absolute Gasteiger partial charge is 0.314 e. The molecular formula is C19H32N2. The summed E-state index contributed by atoms with van der Waals surface area (Å²) in [7, 11) is 0. The van der Waals surface area contributed by atoms with Gasteiger partial charge in [-0.05, 0) is 49.8 Å². The zero-order chi connectivity index (χ0) is 15.1. The molecule has 1 aromatic rings. The third kappa shape index (κ3) is 5.80. The van der Waals surface area contributed by atoms with Crippen LogP contribution in [0.2, 0.25) is 0 Å². The van der Waals surface area contributed by atoms with Gasteiger partial charge in [0.1, 0.15) is 0 Å². The van der Waals surface area contributed by atoms with E-state index in [9.17, 15) is 0 Å². The standard InChI is InChI=1S/C19H32N2/c1-15(2)18-10-8-17(9-11-18)14-21-16(3)13-19-7-5-4-6-12-20-19/h8-11,15-16,19-21H,4-7,12-14H2,1-3H3. The van der Waals surface area contributed by atoms with Crippen LogP contribution in [0.5, 0.6) is 0 Å². The van der Waals surface area contributed by atoms with Gasteiger partial charge in [-0.15, -0.1) is 0 Å². The number of benzene rings is 1. The van der Waals surface area contributed by atoms with Crippen molar-refractivity contribution in [2.24, 2.45) is 0 Å². The van der Waals surface area contributed by atoms with E-state index < -0.39 is 0 Å². The first kappa shape index (κ1) is 16.5. The molecule has 1 heterocycles. The Labute approximate surface area is 130 Å². The third-order valence-corrected chi connectivity index (χ3v) is 4.60. The summed E-state index contributed by atoms with van der Waals surface area (Å²) >= 11 is 0. The number of hydrogen-bond donors (Lipinski definition) is 2. The quantitative estimate of drug-likeness (QED) is 0.819. The zero-order valence-corrected chi connectivity index (χ0v) is 14.0. The molecule has 118 valence electrons. The Morgan fingerprint density at radius 1 is 1.10 bits per heavy atom. The fourth-order valence-electron chi connectivity index (χ4n) is 3.12. The minimum absolute atomic E-state index is 0.574. The SMILES string of the molecule is CC(CC1CCCCCN1)NCc1ccc(C(C)C)cc1. The summed E-state index contributed by atoms with van der Waals surface area (Å²) in [5.41, 5.74) is 2.81. The van der Waals surface area contributed by atoms with E-state index in [1.54, 1.807) is 0 Å². The smallest absolute Gasteiger partial charge is 0.0207 e. The minimum atomic E-state index is 0.574. The van der Waals surface area contributed by atoms with Crippen molar-refractivity contribution in [1.29, 1.82) is 0 Å². The third-order valence-electron chi connectivity index (χ3n) is 4.60. The van der Waals surface area contributed by atoms with Crippen LogP contribution in [0.3, 0.4) is 0 Å². The van der Waals surface area contributed by atoms with E-state index in [0.29, 0.717) is 18.0 Å². The van der Waals surface area contributed by atoms with Crippen molar-refractivity contribution in [3.63, 3.8) is 0 Å². The molecule has 0 aromatic heterocycles. The van der Waals surface area contributed by atoms with Gasteiger partial charge in [-0.2, -0.15) is 0 Å². The van der Waals surface area contributed by atoms with Crippen LogP contribution in [0.25, 0.3) is 0 Å². The first-order valence-corrected chi connectivity index (χ1v) is 8.70. The molecule has 0 spiro atoms. The Bertz CT molecular complexity index is 389. The van der Waals surface area contributed by atoms with Gasteiger partial charge in [0, 0.05) is 18.6 Å². The molecule has 1 saturated heterocycles. The Morgan fingerprint density at radius 3 is 2.57 bits per heavy atom. The Balaban J connectivity index is 1.73. The highest BCUT2D eigenvalue weighted by molar-refractivity contribution is 5.24. The van der Waals surface area contributed by atoms with E-state index in [2.05, 4.69) is 55.7 Å². The van der Waals surface area contributed by atoms with E-state index in [1.165, 1.54) is 49.8 Å². The lowest BCUT2D eigenvalue weighted by Crippen LogP contribution is -2.36. The molecule has 2 heteroatoms. The van der Waals surface area contributed by atoms with Crippen molar-refractivity contribution < 1.29 is 0 Å². The summed E-state index contributed by atoms with van der Waals surface area (Å²) in [5.74, 6) is 0.618. The summed E-state index contributed by atoms with van der Waals surface area (Å²) in [6.45, 7) is 8.99. The van der Waals surface area contributed by atoms with Crippen LogP contribution in [0.1, 0.15) is 69.9 Å². The molecule has 21 heavy (non-hydrogen) atoms. The van der Waals surface area contributed by atoms with Gasteiger partial charge in [0.05, 0.1) is 0 Å². The molecule has 1 aliphatic heterocycles. The van der Waals surface area contributed by atoms with Crippen molar-refractivity contribution in [3.8, 4) is 0 Å². The second kappa shape index (κ2) is 8.55. The summed E-state index contributed by atoms with van der Waals surface area (Å²) in [6.07, 6.45) is 6.72. The Hall–Kier alpha value is -0.860. The Kier molecular flexibility index (Phi) is 6.72. The van der Waals surface area contributed by atoms with Crippen LogP contribution in [-0.4, -0.2) is 18.6 Å². The molecule has 2 nitrogen and oxygen atoms in total. The molecule has 2 N–H and O–H groups in total. The van der Waals surface area contributed by atoms with Gasteiger partial charge in [-0.3, -0.25) is 0 Å². The van der Waals surface area contributed by atoms with Gasteiger partial charge in [0.25, 0.3) is 0 Å². The average Bonchev–Trinajstić information content (AvgIpc) is 2.74. The van der Waals surface area contributed by atoms with Gasteiger partial charge in [0.2, 0.25) is 0 Å². The normalized spacial score (nSPS) is 21.2.